The highest BCUT2D eigenvalue weighted by Crippen LogP contribution is 2.06. The molecule has 1 unspecified atom stereocenters. The van der Waals surface area contributed by atoms with Gasteiger partial charge in [-0.1, -0.05) is 13.8 Å². The van der Waals surface area contributed by atoms with Crippen LogP contribution >= 0.6 is 0 Å². The lowest BCUT2D eigenvalue weighted by Gasteiger charge is -2.25. The summed E-state index contributed by atoms with van der Waals surface area (Å²) in [7, 11) is 0. The molecule has 0 saturated carbocycles. The average Bonchev–Trinajstić information content (AvgIpc) is 2.11. The molecule has 0 bridgehead atoms. The number of nitrogens with one attached hydrogen (secondary N) is 1. The minimum atomic E-state index is -0.564. The standard InChI is InChI=1S/C12H24N2O/c1-10(2)6-7-15-9-12(5,8-13)14-11(3)4/h10-11,14H,6-7,9H2,1-5H3. The summed E-state index contributed by atoms with van der Waals surface area (Å²) < 4.78 is 5.52. The first-order chi connectivity index (χ1) is 6.89. The van der Waals surface area contributed by atoms with Crippen LogP contribution < -0.4 is 5.32 Å². The van der Waals surface area contributed by atoms with Gasteiger partial charge in [-0.15, -0.1) is 0 Å². The Morgan fingerprint density at radius 3 is 2.33 bits per heavy atom. The summed E-state index contributed by atoms with van der Waals surface area (Å²) in [5, 5.41) is 12.3. The minimum absolute atomic E-state index is 0.295. The minimum Gasteiger partial charge on any atom is -0.378 e. The van der Waals surface area contributed by atoms with Gasteiger partial charge in [0.15, 0.2) is 0 Å². The van der Waals surface area contributed by atoms with Crippen LogP contribution in [0.3, 0.4) is 0 Å². The summed E-state index contributed by atoms with van der Waals surface area (Å²) in [6, 6.07) is 2.56. The number of nitriles is 1. The van der Waals surface area contributed by atoms with Crippen molar-refractivity contribution in [3.8, 4) is 6.07 Å². The normalized spacial score (nSPS) is 15.3. The van der Waals surface area contributed by atoms with Gasteiger partial charge in [0, 0.05) is 12.6 Å². The maximum absolute atomic E-state index is 9.05. The Bertz CT molecular complexity index is 208. The number of nitrogens with zero attached hydrogens (tertiary/aromatic N) is 1. The van der Waals surface area contributed by atoms with Crippen LogP contribution in [0.25, 0.3) is 0 Å². The fourth-order valence-corrected chi connectivity index (χ4v) is 1.34. The van der Waals surface area contributed by atoms with Crippen molar-refractivity contribution in [3.63, 3.8) is 0 Å². The van der Waals surface area contributed by atoms with Crippen molar-refractivity contribution < 1.29 is 4.74 Å². The number of ether oxygens (including phenoxy) is 1. The van der Waals surface area contributed by atoms with Crippen LogP contribution in [0.15, 0.2) is 0 Å². The molecule has 0 fully saturated rings. The molecule has 0 rings (SSSR count). The SMILES string of the molecule is CC(C)CCOCC(C)(C#N)NC(C)C. The highest BCUT2D eigenvalue weighted by atomic mass is 16.5. The van der Waals surface area contributed by atoms with Crippen LogP contribution in [-0.2, 0) is 4.74 Å². The molecule has 15 heavy (non-hydrogen) atoms. The summed E-state index contributed by atoms with van der Waals surface area (Å²) >= 11 is 0. The Hall–Kier alpha value is -0.590. The van der Waals surface area contributed by atoms with E-state index in [1.54, 1.807) is 0 Å². The lowest BCUT2D eigenvalue weighted by Crippen LogP contribution is -2.48. The van der Waals surface area contributed by atoms with Gasteiger partial charge in [-0.05, 0) is 33.1 Å². The molecule has 1 N–H and O–H groups in total. The van der Waals surface area contributed by atoms with E-state index in [0.29, 0.717) is 18.6 Å². The number of hydrogen-bond donors (Lipinski definition) is 1. The molecule has 3 heteroatoms. The molecule has 0 saturated heterocycles. The molecular weight excluding hydrogens is 188 g/mol. The van der Waals surface area contributed by atoms with Gasteiger partial charge in [0.05, 0.1) is 12.7 Å². The average molecular weight is 212 g/mol. The lowest BCUT2D eigenvalue weighted by molar-refractivity contribution is 0.0847. The smallest absolute Gasteiger partial charge is 0.127 e. The Morgan fingerprint density at radius 2 is 1.93 bits per heavy atom. The van der Waals surface area contributed by atoms with E-state index < -0.39 is 5.54 Å². The molecule has 0 amide bonds. The monoisotopic (exact) mass is 212 g/mol. The van der Waals surface area contributed by atoms with Crippen molar-refractivity contribution in [3.05, 3.63) is 0 Å². The second kappa shape index (κ2) is 6.81. The molecule has 0 aromatic rings. The van der Waals surface area contributed by atoms with Gasteiger partial charge >= 0.3 is 0 Å². The van der Waals surface area contributed by atoms with E-state index in [2.05, 4.69) is 25.2 Å². The van der Waals surface area contributed by atoms with Crippen molar-refractivity contribution in [2.24, 2.45) is 5.92 Å². The zero-order valence-electron chi connectivity index (χ0n) is 10.6. The fourth-order valence-electron chi connectivity index (χ4n) is 1.34. The van der Waals surface area contributed by atoms with Gasteiger partial charge in [-0.25, -0.2) is 0 Å². The molecule has 0 aromatic heterocycles. The van der Waals surface area contributed by atoms with Crippen molar-refractivity contribution in [2.75, 3.05) is 13.2 Å². The molecule has 1 atom stereocenters. The van der Waals surface area contributed by atoms with E-state index in [0.717, 1.165) is 13.0 Å². The molecule has 88 valence electrons. The molecule has 0 aliphatic rings. The first-order valence-electron chi connectivity index (χ1n) is 5.66. The maximum Gasteiger partial charge on any atom is 0.127 e. The molecular formula is C12H24N2O. The van der Waals surface area contributed by atoms with Gasteiger partial charge in [0.2, 0.25) is 0 Å². The van der Waals surface area contributed by atoms with Crippen molar-refractivity contribution in [1.29, 1.82) is 5.26 Å². The van der Waals surface area contributed by atoms with E-state index in [1.165, 1.54) is 0 Å². The maximum atomic E-state index is 9.05. The highest BCUT2D eigenvalue weighted by molar-refractivity contribution is 5.04. The molecule has 0 spiro atoms. The number of hydrogen-bond acceptors (Lipinski definition) is 3. The Balaban J connectivity index is 3.84. The van der Waals surface area contributed by atoms with Crippen LogP contribution in [0, 0.1) is 17.2 Å². The molecule has 3 nitrogen and oxygen atoms in total. The van der Waals surface area contributed by atoms with Gasteiger partial charge in [-0.3, -0.25) is 5.32 Å². The van der Waals surface area contributed by atoms with E-state index in [-0.39, 0.29) is 0 Å². The van der Waals surface area contributed by atoms with Crippen LogP contribution in [-0.4, -0.2) is 24.8 Å². The van der Waals surface area contributed by atoms with Crippen molar-refractivity contribution in [1.82, 2.24) is 5.32 Å². The quantitative estimate of drug-likeness (QED) is 0.659. The Morgan fingerprint density at radius 1 is 1.33 bits per heavy atom. The molecule has 0 aliphatic heterocycles. The summed E-state index contributed by atoms with van der Waals surface area (Å²) in [5.74, 6) is 0.649. The molecule has 0 heterocycles. The van der Waals surface area contributed by atoms with Gasteiger partial charge in [-0.2, -0.15) is 5.26 Å². The third-order valence-corrected chi connectivity index (χ3v) is 2.08. The summed E-state index contributed by atoms with van der Waals surface area (Å²) in [4.78, 5) is 0. The van der Waals surface area contributed by atoms with Gasteiger partial charge in [0.1, 0.15) is 5.54 Å². The lowest BCUT2D eigenvalue weighted by atomic mass is 10.1. The van der Waals surface area contributed by atoms with Crippen molar-refractivity contribution in [2.45, 2.75) is 52.6 Å². The van der Waals surface area contributed by atoms with E-state index >= 15 is 0 Å². The van der Waals surface area contributed by atoms with Gasteiger partial charge in [0.25, 0.3) is 0 Å². The van der Waals surface area contributed by atoms with Crippen LogP contribution in [0.1, 0.15) is 41.0 Å². The predicted octanol–water partition coefficient (Wildman–Crippen LogP) is 2.33. The van der Waals surface area contributed by atoms with E-state index in [9.17, 15) is 0 Å². The molecule has 0 aliphatic carbocycles. The Kier molecular flexibility index (Phi) is 6.55. The summed E-state index contributed by atoms with van der Waals surface area (Å²) in [5.41, 5.74) is -0.564. The Labute approximate surface area is 93.8 Å². The zero-order chi connectivity index (χ0) is 11.9. The van der Waals surface area contributed by atoms with E-state index in [4.69, 9.17) is 10.00 Å². The molecule has 0 radical (unpaired) electrons. The fraction of sp³-hybridized carbons (Fsp3) is 0.917. The predicted molar refractivity (Wildman–Crippen MR) is 62.6 cm³/mol. The molecule has 0 aromatic carbocycles. The van der Waals surface area contributed by atoms with Crippen LogP contribution in [0.4, 0.5) is 0 Å². The van der Waals surface area contributed by atoms with Crippen molar-refractivity contribution >= 4 is 0 Å². The van der Waals surface area contributed by atoms with E-state index in [1.807, 2.05) is 20.8 Å². The third kappa shape index (κ3) is 7.35. The zero-order valence-corrected chi connectivity index (χ0v) is 10.6. The topological polar surface area (TPSA) is 45.0 Å². The number of rotatable bonds is 7. The largest absolute Gasteiger partial charge is 0.378 e. The first kappa shape index (κ1) is 14.4. The van der Waals surface area contributed by atoms with Gasteiger partial charge < -0.3 is 4.74 Å². The summed E-state index contributed by atoms with van der Waals surface area (Å²) in [6.45, 7) is 11.5. The second-order valence-corrected chi connectivity index (χ2v) is 4.98. The first-order valence-corrected chi connectivity index (χ1v) is 5.66. The second-order valence-electron chi connectivity index (χ2n) is 4.98. The van der Waals surface area contributed by atoms with Crippen LogP contribution in [0.5, 0.6) is 0 Å². The third-order valence-electron chi connectivity index (χ3n) is 2.08. The summed E-state index contributed by atoms with van der Waals surface area (Å²) in [6.07, 6.45) is 1.04. The van der Waals surface area contributed by atoms with Crippen LogP contribution in [0.2, 0.25) is 0 Å². The highest BCUT2D eigenvalue weighted by Gasteiger charge is 2.24.